The molecule has 0 fully saturated rings. The number of nitrogens with zero attached hydrogens (tertiary/aromatic N) is 5. The van der Waals surface area contributed by atoms with Crippen molar-refractivity contribution < 1.29 is 24.6 Å². The number of thioether (sulfide) groups is 1. The lowest BCUT2D eigenvalue weighted by atomic mass is 10.0. The number of hydrogen-bond acceptors (Lipinski definition) is 10. The van der Waals surface area contributed by atoms with E-state index in [0.29, 0.717) is 10.0 Å². The van der Waals surface area contributed by atoms with E-state index < -0.39 is 22.2 Å². The van der Waals surface area contributed by atoms with Crippen molar-refractivity contribution >= 4 is 46.6 Å². The number of rotatable bonds is 11. The van der Waals surface area contributed by atoms with Crippen molar-refractivity contribution in [2.24, 2.45) is 0 Å². The Morgan fingerprint density at radius 2 is 1.88 bits per heavy atom. The molecule has 2 aromatic heterocycles. The zero-order chi connectivity index (χ0) is 24.0. The summed E-state index contributed by atoms with van der Waals surface area (Å²) in [7, 11) is 0. The highest BCUT2D eigenvalue weighted by atomic mass is 35.5. The third kappa shape index (κ3) is 6.15. The van der Waals surface area contributed by atoms with Crippen molar-refractivity contribution in [3.63, 3.8) is 0 Å². The Hall–Kier alpha value is -2.84. The molecule has 0 N–H and O–H groups in total. The van der Waals surface area contributed by atoms with Crippen molar-refractivity contribution in [3.05, 3.63) is 96.1 Å². The van der Waals surface area contributed by atoms with Crippen LogP contribution in [0.4, 0.5) is 0 Å². The fraction of sp³-hybridized carbons (Fsp3) is 0.176. The predicted molar refractivity (Wildman–Crippen MR) is 117 cm³/mol. The summed E-state index contributed by atoms with van der Waals surface area (Å²) in [6.45, 7) is 0. The van der Waals surface area contributed by atoms with Gasteiger partial charge in [-0.15, -0.1) is 20.2 Å². The van der Waals surface area contributed by atoms with Gasteiger partial charge in [0.25, 0.3) is 16.0 Å². The van der Waals surface area contributed by atoms with Gasteiger partial charge in [0, 0.05) is 29.2 Å². The zero-order valence-electron chi connectivity index (χ0n) is 16.1. The van der Waals surface area contributed by atoms with E-state index in [9.17, 15) is 20.2 Å². The molecule has 16 heteroatoms. The molecule has 2 atom stereocenters. The van der Waals surface area contributed by atoms with Crippen LogP contribution in [0.15, 0.2) is 60.3 Å². The summed E-state index contributed by atoms with van der Waals surface area (Å²) in [5.41, 5.74) is -0.157. The van der Waals surface area contributed by atoms with E-state index in [2.05, 4.69) is 9.97 Å². The standard InChI is InChI=1S/C17H12Cl3N5O7S/c18-11-1-3-13(14(20)7-11)17(32-25(28)29,16(31-24(26)27)23-6-5-21-9-23)30-10-33-15-4-2-12(19)8-22-15/h1-9,16H,10H2. The SMILES string of the molecule is O=[N+]([O-])OC(n1ccnc1)C(OCSc1ccc(Cl)cn1)(O[N+](=O)[O-])c1ccc(Cl)cc1Cl. The van der Waals surface area contributed by atoms with Crippen molar-refractivity contribution in [1.29, 1.82) is 0 Å². The van der Waals surface area contributed by atoms with Crippen molar-refractivity contribution in [1.82, 2.24) is 14.5 Å². The highest BCUT2D eigenvalue weighted by molar-refractivity contribution is 7.99. The van der Waals surface area contributed by atoms with Crippen molar-refractivity contribution in [3.8, 4) is 0 Å². The minimum Gasteiger partial charge on any atom is -0.332 e. The minimum atomic E-state index is -2.56. The Bertz CT molecular complexity index is 1120. The highest BCUT2D eigenvalue weighted by Crippen LogP contribution is 2.44. The topological polar surface area (TPSA) is 145 Å². The van der Waals surface area contributed by atoms with Crippen LogP contribution in [0, 0.1) is 20.2 Å². The molecule has 0 amide bonds. The largest absolute Gasteiger partial charge is 0.332 e. The molecule has 2 unspecified atom stereocenters. The molecule has 33 heavy (non-hydrogen) atoms. The number of ether oxygens (including phenoxy) is 1. The number of halogens is 3. The molecule has 3 rings (SSSR count). The fourth-order valence-electron chi connectivity index (χ4n) is 2.72. The van der Waals surface area contributed by atoms with Crippen LogP contribution in [0.1, 0.15) is 11.8 Å². The summed E-state index contributed by atoms with van der Waals surface area (Å²) < 4.78 is 6.85. The van der Waals surface area contributed by atoms with Crippen LogP contribution >= 0.6 is 46.6 Å². The predicted octanol–water partition coefficient (Wildman–Crippen LogP) is 4.77. The molecule has 12 nitrogen and oxygen atoms in total. The second-order valence-electron chi connectivity index (χ2n) is 6.02. The molecule has 174 valence electrons. The second-order valence-corrected chi connectivity index (χ2v) is 8.24. The van der Waals surface area contributed by atoms with E-state index in [4.69, 9.17) is 49.2 Å². The third-order valence-corrected chi connectivity index (χ3v) is 5.55. The maximum Gasteiger partial charge on any atom is 0.297 e. The average molecular weight is 537 g/mol. The molecular weight excluding hydrogens is 525 g/mol. The maximum absolute atomic E-state index is 11.5. The summed E-state index contributed by atoms with van der Waals surface area (Å²) in [6.07, 6.45) is 3.20. The van der Waals surface area contributed by atoms with Crippen LogP contribution in [0.25, 0.3) is 0 Å². The lowest BCUT2D eigenvalue weighted by Gasteiger charge is -2.37. The maximum atomic E-state index is 11.5. The van der Waals surface area contributed by atoms with Crippen LogP contribution in [0.5, 0.6) is 0 Å². The Labute approximate surface area is 204 Å². The molecule has 0 radical (unpaired) electrons. The van der Waals surface area contributed by atoms with Gasteiger partial charge in [-0.2, -0.15) is 0 Å². The van der Waals surface area contributed by atoms with Gasteiger partial charge in [-0.1, -0.05) is 52.6 Å². The molecule has 0 saturated carbocycles. The summed E-state index contributed by atoms with van der Waals surface area (Å²) >= 11 is 19.1. The first kappa shape index (κ1) is 24.8. The minimum absolute atomic E-state index is 0.129. The van der Waals surface area contributed by atoms with Crippen molar-refractivity contribution in [2.75, 3.05) is 5.94 Å². The molecule has 1 aromatic carbocycles. The number of pyridine rings is 1. The normalized spacial score (nSPS) is 13.7. The number of benzene rings is 1. The Kier molecular flexibility index (Phi) is 8.15. The van der Waals surface area contributed by atoms with E-state index in [0.717, 1.165) is 22.7 Å². The van der Waals surface area contributed by atoms with Gasteiger partial charge in [0.1, 0.15) is 5.94 Å². The van der Waals surface area contributed by atoms with Crippen LogP contribution in [-0.2, 0) is 20.2 Å². The summed E-state index contributed by atoms with van der Waals surface area (Å²) in [6, 6.07) is 7.06. The Morgan fingerprint density at radius 3 is 2.45 bits per heavy atom. The van der Waals surface area contributed by atoms with Gasteiger partial charge in [0.15, 0.2) is 0 Å². The van der Waals surface area contributed by atoms with Crippen LogP contribution < -0.4 is 0 Å². The summed E-state index contributed by atoms with van der Waals surface area (Å²) in [4.78, 5) is 40.5. The molecule has 3 aromatic rings. The molecule has 0 aliphatic heterocycles. The van der Waals surface area contributed by atoms with Crippen LogP contribution in [-0.4, -0.2) is 30.6 Å². The van der Waals surface area contributed by atoms with E-state index in [1.807, 2.05) is 0 Å². The monoisotopic (exact) mass is 535 g/mol. The number of hydrogen-bond donors (Lipinski definition) is 0. The average Bonchev–Trinajstić information content (AvgIpc) is 3.27. The number of imidazole rings is 1. The van der Waals surface area contributed by atoms with Gasteiger partial charge in [-0.3, -0.25) is 9.68 Å². The molecule has 0 bridgehead atoms. The second kappa shape index (κ2) is 10.9. The Morgan fingerprint density at radius 1 is 1.12 bits per heavy atom. The van der Waals surface area contributed by atoms with E-state index in [1.54, 1.807) is 12.1 Å². The molecule has 0 spiro atoms. The lowest BCUT2D eigenvalue weighted by molar-refractivity contribution is -0.834. The smallest absolute Gasteiger partial charge is 0.297 e. The zero-order valence-corrected chi connectivity index (χ0v) is 19.2. The molecule has 2 heterocycles. The van der Waals surface area contributed by atoms with Gasteiger partial charge >= 0.3 is 0 Å². The fourth-order valence-corrected chi connectivity index (χ4v) is 4.02. The van der Waals surface area contributed by atoms with Gasteiger partial charge in [0.05, 0.1) is 21.4 Å². The first-order chi connectivity index (χ1) is 15.7. The molecular formula is C17H12Cl3N5O7S. The molecule has 0 saturated heterocycles. The van der Waals surface area contributed by atoms with Crippen LogP contribution in [0.2, 0.25) is 15.1 Å². The van der Waals surface area contributed by atoms with Crippen LogP contribution in [0.3, 0.4) is 0 Å². The van der Waals surface area contributed by atoms with Gasteiger partial charge in [-0.25, -0.2) is 9.97 Å². The van der Waals surface area contributed by atoms with Crippen molar-refractivity contribution in [2.45, 2.75) is 17.0 Å². The molecule has 0 aliphatic carbocycles. The van der Waals surface area contributed by atoms with E-state index >= 15 is 0 Å². The lowest BCUT2D eigenvalue weighted by Crippen LogP contribution is -2.45. The van der Waals surface area contributed by atoms with E-state index in [-0.39, 0.29) is 21.5 Å². The van der Waals surface area contributed by atoms with E-state index in [1.165, 1.54) is 36.8 Å². The first-order valence-corrected chi connectivity index (χ1v) is 10.8. The van der Waals surface area contributed by atoms with Gasteiger partial charge in [-0.05, 0) is 24.3 Å². The first-order valence-electron chi connectivity index (χ1n) is 8.67. The Balaban J connectivity index is 2.10. The summed E-state index contributed by atoms with van der Waals surface area (Å²) in [5.74, 6) is -2.88. The third-order valence-electron chi connectivity index (χ3n) is 4.00. The van der Waals surface area contributed by atoms with Gasteiger partial charge < -0.3 is 9.30 Å². The van der Waals surface area contributed by atoms with Gasteiger partial charge in [0.2, 0.25) is 6.23 Å². The quantitative estimate of drug-likeness (QED) is 0.145. The summed E-state index contributed by atoms with van der Waals surface area (Å²) in [5, 5.41) is 21.5. The number of aromatic nitrogens is 3. The highest BCUT2D eigenvalue weighted by Gasteiger charge is 2.51. The molecule has 0 aliphatic rings.